The van der Waals surface area contributed by atoms with Gasteiger partial charge in [0, 0.05) is 13.0 Å². The van der Waals surface area contributed by atoms with Crippen LogP contribution in [0.1, 0.15) is 46.0 Å². The van der Waals surface area contributed by atoms with Crippen LogP contribution in [0.15, 0.2) is 4.99 Å². The maximum absolute atomic E-state index is 12.9. The van der Waals surface area contributed by atoms with Crippen molar-refractivity contribution >= 4 is 41.5 Å². The highest BCUT2D eigenvalue weighted by Gasteiger charge is 2.32. The van der Waals surface area contributed by atoms with Crippen molar-refractivity contribution in [3.63, 3.8) is 0 Å². The van der Waals surface area contributed by atoms with Gasteiger partial charge in [-0.1, -0.05) is 13.8 Å². The number of carbonyl (C=O) groups excluding carboxylic acids is 4. The maximum Gasteiger partial charge on any atom is 0.326 e. The minimum atomic E-state index is -1.68. The van der Waals surface area contributed by atoms with Crippen LogP contribution in [0.2, 0.25) is 0 Å². The maximum atomic E-state index is 12.9. The van der Waals surface area contributed by atoms with Crippen molar-refractivity contribution in [1.82, 2.24) is 16.0 Å². The first-order chi connectivity index (χ1) is 16.6. The molecule has 0 aliphatic heterocycles. The van der Waals surface area contributed by atoms with Crippen molar-refractivity contribution < 1.29 is 39.0 Å². The van der Waals surface area contributed by atoms with Gasteiger partial charge in [-0.15, -0.1) is 0 Å². The fraction of sp³-hybridized carbons (Fsp3) is 0.650. The molecule has 0 saturated carbocycles. The smallest absolute Gasteiger partial charge is 0.326 e. The lowest BCUT2D eigenvalue weighted by Crippen LogP contribution is -2.58. The summed E-state index contributed by atoms with van der Waals surface area (Å²) in [5.74, 6) is -6.88. The number of hydrogen-bond donors (Lipinski definition) is 9. The van der Waals surface area contributed by atoms with Gasteiger partial charge in [-0.3, -0.25) is 29.0 Å². The summed E-state index contributed by atoms with van der Waals surface area (Å²) >= 11 is 0. The number of nitrogens with zero attached hydrogens (tertiary/aromatic N) is 1. The number of aliphatic carboxylic acids is 2. The highest BCUT2D eigenvalue weighted by Crippen LogP contribution is 2.07. The Kier molecular flexibility index (Phi) is 14.1. The number of carbonyl (C=O) groups is 6. The molecule has 0 aliphatic rings. The average Bonchev–Trinajstić information content (AvgIpc) is 2.75. The Morgan fingerprint density at radius 2 is 1.42 bits per heavy atom. The van der Waals surface area contributed by atoms with Crippen LogP contribution in [0.5, 0.6) is 0 Å². The lowest BCUT2D eigenvalue weighted by molar-refractivity contribution is -0.144. The van der Waals surface area contributed by atoms with E-state index in [1.807, 2.05) is 0 Å². The zero-order valence-corrected chi connectivity index (χ0v) is 20.2. The van der Waals surface area contributed by atoms with E-state index in [1.54, 1.807) is 13.8 Å². The van der Waals surface area contributed by atoms with Crippen LogP contribution in [-0.2, 0) is 28.8 Å². The molecule has 204 valence electrons. The van der Waals surface area contributed by atoms with E-state index in [0.29, 0.717) is 6.42 Å². The Morgan fingerprint density at radius 1 is 0.833 bits per heavy atom. The summed E-state index contributed by atoms with van der Waals surface area (Å²) in [6.07, 6.45) is -1.02. The van der Waals surface area contributed by atoms with E-state index in [-0.39, 0.29) is 25.3 Å². The van der Waals surface area contributed by atoms with Crippen molar-refractivity contribution in [3.05, 3.63) is 0 Å². The topological polar surface area (TPSA) is 295 Å². The van der Waals surface area contributed by atoms with E-state index in [2.05, 4.69) is 20.9 Å². The molecule has 4 atom stereocenters. The number of carboxylic acid groups (broad SMARTS) is 2. The number of amides is 4. The van der Waals surface area contributed by atoms with E-state index in [0.717, 1.165) is 0 Å². The summed E-state index contributed by atoms with van der Waals surface area (Å²) in [5.41, 5.74) is 21.3. The monoisotopic (exact) mass is 516 g/mol. The molecule has 0 aliphatic carbocycles. The minimum absolute atomic E-state index is 0.102. The third-order valence-corrected chi connectivity index (χ3v) is 4.85. The molecule has 0 spiro atoms. The molecule has 4 unspecified atom stereocenters. The highest BCUT2D eigenvalue weighted by atomic mass is 16.4. The molecule has 0 fully saturated rings. The summed E-state index contributed by atoms with van der Waals surface area (Å²) in [6.45, 7) is 3.49. The van der Waals surface area contributed by atoms with Gasteiger partial charge in [-0.2, -0.15) is 0 Å². The van der Waals surface area contributed by atoms with Crippen LogP contribution in [0.3, 0.4) is 0 Å². The Labute approximate surface area is 207 Å². The van der Waals surface area contributed by atoms with Crippen LogP contribution in [0, 0.1) is 5.92 Å². The van der Waals surface area contributed by atoms with Crippen LogP contribution >= 0.6 is 0 Å². The molecule has 16 heteroatoms. The number of primary amides is 1. The molecule has 16 nitrogen and oxygen atoms in total. The van der Waals surface area contributed by atoms with Gasteiger partial charge in [0.05, 0.1) is 12.5 Å². The second-order valence-corrected chi connectivity index (χ2v) is 8.35. The van der Waals surface area contributed by atoms with Gasteiger partial charge in [0.15, 0.2) is 5.96 Å². The van der Waals surface area contributed by atoms with Crippen molar-refractivity contribution in [3.8, 4) is 0 Å². The molecule has 0 aromatic rings. The Hall–Kier alpha value is -3.95. The average molecular weight is 517 g/mol. The molecule has 0 aromatic heterocycles. The van der Waals surface area contributed by atoms with Gasteiger partial charge in [0.1, 0.15) is 18.1 Å². The van der Waals surface area contributed by atoms with Gasteiger partial charge >= 0.3 is 11.9 Å². The van der Waals surface area contributed by atoms with Crippen molar-refractivity contribution in [1.29, 1.82) is 0 Å². The molecule has 4 amide bonds. The number of carboxylic acids is 2. The number of rotatable bonds is 17. The first-order valence-electron chi connectivity index (χ1n) is 11.1. The van der Waals surface area contributed by atoms with Gasteiger partial charge in [0.2, 0.25) is 23.6 Å². The number of hydrogen-bond acceptors (Lipinski definition) is 8. The fourth-order valence-electron chi connectivity index (χ4n) is 2.92. The lowest BCUT2D eigenvalue weighted by atomic mass is 10.0. The highest BCUT2D eigenvalue weighted by molar-refractivity contribution is 5.95. The standard InChI is InChI=1S/C20H36N8O8/c1-9(2)15(28-16(32)10(21)4-3-7-25-20(23)24)18(34)26-11(5-6-14(30)31)17(33)27-12(19(35)36)8-13(22)29/h9-12,15H,3-8,21H2,1-2H3,(H2,22,29)(H,26,34)(H,27,33)(H,28,32)(H,30,31)(H,35,36)(H4,23,24,25). The van der Waals surface area contributed by atoms with E-state index in [4.69, 9.17) is 28.0 Å². The van der Waals surface area contributed by atoms with Crippen LogP contribution in [0.4, 0.5) is 0 Å². The predicted octanol–water partition coefficient (Wildman–Crippen LogP) is -3.70. The molecule has 13 N–H and O–H groups in total. The quantitative estimate of drug-likeness (QED) is 0.0514. The number of nitrogens with one attached hydrogen (secondary N) is 3. The third-order valence-electron chi connectivity index (χ3n) is 4.85. The van der Waals surface area contributed by atoms with Crippen molar-refractivity contribution in [2.45, 2.75) is 70.1 Å². The second kappa shape index (κ2) is 15.9. The first-order valence-corrected chi connectivity index (χ1v) is 11.1. The van der Waals surface area contributed by atoms with Gasteiger partial charge in [-0.05, 0) is 25.2 Å². The van der Waals surface area contributed by atoms with Gasteiger partial charge in [-0.25, -0.2) is 4.79 Å². The van der Waals surface area contributed by atoms with Crippen LogP contribution < -0.4 is 38.9 Å². The normalized spacial score (nSPS) is 14.0. The Balaban J connectivity index is 5.41. The zero-order chi connectivity index (χ0) is 28.0. The SMILES string of the molecule is CC(C)C(NC(=O)C(N)CCCN=C(N)N)C(=O)NC(CCC(=O)O)C(=O)NC(CC(N)=O)C(=O)O. The summed E-state index contributed by atoms with van der Waals surface area (Å²) in [5, 5.41) is 25.0. The summed E-state index contributed by atoms with van der Waals surface area (Å²) < 4.78 is 0. The number of aliphatic imine (C=N–C) groups is 1. The largest absolute Gasteiger partial charge is 0.481 e. The Morgan fingerprint density at radius 3 is 1.89 bits per heavy atom. The van der Waals surface area contributed by atoms with E-state index < -0.39 is 78.5 Å². The molecule has 0 saturated heterocycles. The minimum Gasteiger partial charge on any atom is -0.481 e. The van der Waals surface area contributed by atoms with E-state index >= 15 is 0 Å². The van der Waals surface area contributed by atoms with Crippen molar-refractivity contribution in [2.24, 2.45) is 33.8 Å². The first kappa shape index (κ1) is 32.0. The molecule has 0 radical (unpaired) electrons. The number of guanidine groups is 1. The van der Waals surface area contributed by atoms with Crippen LogP contribution in [-0.4, -0.2) is 82.5 Å². The molecule has 0 aromatic carbocycles. The van der Waals surface area contributed by atoms with Crippen molar-refractivity contribution in [2.75, 3.05) is 6.54 Å². The van der Waals surface area contributed by atoms with Gasteiger partial charge < -0.3 is 49.1 Å². The summed E-state index contributed by atoms with van der Waals surface area (Å²) in [6, 6.07) is -5.29. The molecule has 36 heavy (non-hydrogen) atoms. The second-order valence-electron chi connectivity index (χ2n) is 8.35. The number of nitrogens with two attached hydrogens (primary N) is 4. The summed E-state index contributed by atoms with van der Waals surface area (Å²) in [4.78, 5) is 75.2. The third kappa shape index (κ3) is 13.1. The summed E-state index contributed by atoms with van der Waals surface area (Å²) in [7, 11) is 0. The zero-order valence-electron chi connectivity index (χ0n) is 20.2. The molecular weight excluding hydrogens is 480 g/mol. The lowest BCUT2D eigenvalue weighted by Gasteiger charge is -2.26. The molecule has 0 rings (SSSR count). The Bertz CT molecular complexity index is 844. The van der Waals surface area contributed by atoms with E-state index in [1.165, 1.54) is 0 Å². The van der Waals surface area contributed by atoms with E-state index in [9.17, 15) is 33.9 Å². The molecule has 0 heterocycles. The van der Waals surface area contributed by atoms with Crippen LogP contribution in [0.25, 0.3) is 0 Å². The predicted molar refractivity (Wildman–Crippen MR) is 127 cm³/mol. The molecule has 0 bridgehead atoms. The fourth-order valence-corrected chi connectivity index (χ4v) is 2.92. The van der Waals surface area contributed by atoms with Gasteiger partial charge in [0.25, 0.3) is 0 Å². The molecular formula is C20H36N8O8.